The summed E-state index contributed by atoms with van der Waals surface area (Å²) < 4.78 is 18.4. The molecule has 1 atom stereocenters. The zero-order chi connectivity index (χ0) is 13.8. The summed E-state index contributed by atoms with van der Waals surface area (Å²) in [7, 11) is 0. The van der Waals surface area contributed by atoms with Crippen LogP contribution in [0.1, 0.15) is 19.8 Å². The lowest BCUT2D eigenvalue weighted by molar-refractivity contribution is -0.134. The minimum Gasteiger partial charge on any atom is -0.474 e. The van der Waals surface area contributed by atoms with Gasteiger partial charge in [-0.25, -0.2) is 9.37 Å². The number of pyridine rings is 1. The Labute approximate surface area is 111 Å². The summed E-state index contributed by atoms with van der Waals surface area (Å²) in [5.74, 6) is 0.00132. The molecular weight excluding hydrogens is 249 g/mol. The Morgan fingerprint density at radius 3 is 2.74 bits per heavy atom. The Morgan fingerprint density at radius 1 is 1.53 bits per heavy atom. The number of hydrogen-bond donors (Lipinski definition) is 1. The van der Waals surface area contributed by atoms with Crippen LogP contribution in [0.5, 0.6) is 5.88 Å². The van der Waals surface area contributed by atoms with Gasteiger partial charge in [0, 0.05) is 32.0 Å². The number of likely N-dealkylation sites (tertiary alicyclic amines) is 1. The molecule has 2 N–H and O–H groups in total. The van der Waals surface area contributed by atoms with Crippen molar-refractivity contribution in [2.45, 2.75) is 31.9 Å². The smallest absolute Gasteiger partial charge is 0.239 e. The molecule has 0 unspecified atom stereocenters. The van der Waals surface area contributed by atoms with E-state index < -0.39 is 6.04 Å². The van der Waals surface area contributed by atoms with Crippen molar-refractivity contribution in [3.63, 3.8) is 0 Å². The maximum Gasteiger partial charge on any atom is 0.239 e. The molecular formula is C13H18FN3O2. The highest BCUT2D eigenvalue weighted by Crippen LogP contribution is 2.17. The first kappa shape index (κ1) is 13.7. The summed E-state index contributed by atoms with van der Waals surface area (Å²) in [6, 6.07) is 2.36. The van der Waals surface area contributed by atoms with E-state index in [0.29, 0.717) is 19.0 Å². The normalized spacial score (nSPS) is 18.2. The molecule has 1 aliphatic rings. The van der Waals surface area contributed by atoms with E-state index in [0.717, 1.165) is 19.0 Å². The number of hydrogen-bond acceptors (Lipinski definition) is 4. The van der Waals surface area contributed by atoms with Crippen LogP contribution in [0.2, 0.25) is 0 Å². The molecule has 0 saturated carbocycles. The van der Waals surface area contributed by atoms with Crippen molar-refractivity contribution in [3.8, 4) is 5.88 Å². The monoisotopic (exact) mass is 267 g/mol. The van der Waals surface area contributed by atoms with E-state index in [-0.39, 0.29) is 17.8 Å². The summed E-state index contributed by atoms with van der Waals surface area (Å²) >= 11 is 0. The third kappa shape index (κ3) is 3.64. The van der Waals surface area contributed by atoms with E-state index in [1.807, 2.05) is 0 Å². The molecule has 1 aliphatic heterocycles. The van der Waals surface area contributed by atoms with Gasteiger partial charge in [0.2, 0.25) is 11.8 Å². The Bertz CT molecular complexity index is 428. The number of aromatic nitrogens is 1. The molecule has 0 radical (unpaired) electrons. The van der Waals surface area contributed by atoms with Crippen LogP contribution < -0.4 is 10.5 Å². The second-order valence-corrected chi connectivity index (χ2v) is 4.75. The maximum atomic E-state index is 12.7. The number of rotatable bonds is 3. The van der Waals surface area contributed by atoms with Crippen LogP contribution in [0, 0.1) is 5.82 Å². The second-order valence-electron chi connectivity index (χ2n) is 4.75. The van der Waals surface area contributed by atoms with Gasteiger partial charge in [0.25, 0.3) is 0 Å². The Hall–Kier alpha value is -1.69. The average molecular weight is 267 g/mol. The van der Waals surface area contributed by atoms with Gasteiger partial charge in [0.1, 0.15) is 11.9 Å². The molecule has 6 heteroatoms. The largest absolute Gasteiger partial charge is 0.474 e. The Balaban J connectivity index is 1.83. The standard InChI is InChI=1S/C13H18FN3O2/c1-9(15)13(18)17-6-4-11(5-7-17)19-12-3-2-10(14)8-16-12/h2-3,8-9,11H,4-7,15H2,1H3/t9-/m0/s1. The minimum absolute atomic E-state index is 0.00934. The summed E-state index contributed by atoms with van der Waals surface area (Å²) in [6.07, 6.45) is 2.61. The lowest BCUT2D eigenvalue weighted by atomic mass is 10.1. The molecule has 1 fully saturated rings. The van der Waals surface area contributed by atoms with E-state index in [1.165, 1.54) is 12.1 Å². The van der Waals surface area contributed by atoms with Gasteiger partial charge in [-0.2, -0.15) is 0 Å². The number of ether oxygens (including phenoxy) is 1. The van der Waals surface area contributed by atoms with Crippen molar-refractivity contribution in [1.29, 1.82) is 0 Å². The molecule has 0 spiro atoms. The fourth-order valence-corrected chi connectivity index (χ4v) is 2.08. The molecule has 104 valence electrons. The molecule has 1 amide bonds. The highest BCUT2D eigenvalue weighted by molar-refractivity contribution is 5.81. The van der Waals surface area contributed by atoms with Gasteiger partial charge in [-0.15, -0.1) is 0 Å². The van der Waals surface area contributed by atoms with Crippen molar-refractivity contribution >= 4 is 5.91 Å². The molecule has 2 heterocycles. The summed E-state index contributed by atoms with van der Waals surface area (Å²) in [5, 5.41) is 0. The number of carbonyl (C=O) groups excluding carboxylic acids is 1. The number of nitrogens with zero attached hydrogens (tertiary/aromatic N) is 2. The van der Waals surface area contributed by atoms with E-state index in [9.17, 15) is 9.18 Å². The van der Waals surface area contributed by atoms with Gasteiger partial charge in [-0.05, 0) is 13.0 Å². The zero-order valence-corrected chi connectivity index (χ0v) is 10.9. The molecule has 0 aromatic carbocycles. The van der Waals surface area contributed by atoms with Gasteiger partial charge >= 0.3 is 0 Å². The first-order valence-electron chi connectivity index (χ1n) is 6.39. The molecule has 5 nitrogen and oxygen atoms in total. The van der Waals surface area contributed by atoms with E-state index in [4.69, 9.17) is 10.5 Å². The first-order chi connectivity index (χ1) is 9.06. The molecule has 1 aromatic heterocycles. The number of piperidine rings is 1. The Kier molecular flexibility index (Phi) is 4.31. The molecule has 0 bridgehead atoms. The number of halogens is 1. The summed E-state index contributed by atoms with van der Waals surface area (Å²) in [4.78, 5) is 17.3. The van der Waals surface area contributed by atoms with E-state index in [2.05, 4.69) is 4.98 Å². The lowest BCUT2D eigenvalue weighted by Gasteiger charge is -2.32. The summed E-state index contributed by atoms with van der Waals surface area (Å²) in [5.41, 5.74) is 5.57. The predicted molar refractivity (Wildman–Crippen MR) is 68.1 cm³/mol. The van der Waals surface area contributed by atoms with Gasteiger partial charge in [0.15, 0.2) is 0 Å². The minimum atomic E-state index is -0.462. The predicted octanol–water partition coefficient (Wildman–Crippen LogP) is 0.938. The topological polar surface area (TPSA) is 68.5 Å². The van der Waals surface area contributed by atoms with Gasteiger partial charge in [-0.1, -0.05) is 0 Å². The van der Waals surface area contributed by atoms with E-state index >= 15 is 0 Å². The molecule has 1 saturated heterocycles. The van der Waals surface area contributed by atoms with Crippen LogP contribution in [0.25, 0.3) is 0 Å². The van der Waals surface area contributed by atoms with Crippen LogP contribution in [-0.4, -0.2) is 41.0 Å². The van der Waals surface area contributed by atoms with Crippen molar-refractivity contribution in [1.82, 2.24) is 9.88 Å². The number of nitrogens with two attached hydrogens (primary N) is 1. The van der Waals surface area contributed by atoms with Crippen LogP contribution in [0.4, 0.5) is 4.39 Å². The van der Waals surface area contributed by atoms with Crippen LogP contribution in [0.15, 0.2) is 18.3 Å². The molecule has 0 aliphatic carbocycles. The fraction of sp³-hybridized carbons (Fsp3) is 0.538. The SMILES string of the molecule is C[C@H](N)C(=O)N1CCC(Oc2ccc(F)cn2)CC1. The van der Waals surface area contributed by atoms with Crippen molar-refractivity contribution in [3.05, 3.63) is 24.1 Å². The number of carbonyl (C=O) groups is 1. The Morgan fingerprint density at radius 2 is 2.21 bits per heavy atom. The van der Waals surface area contributed by atoms with Crippen LogP contribution in [-0.2, 0) is 4.79 Å². The highest BCUT2D eigenvalue weighted by atomic mass is 19.1. The van der Waals surface area contributed by atoms with Gasteiger partial charge in [0.05, 0.1) is 12.2 Å². The zero-order valence-electron chi connectivity index (χ0n) is 10.9. The van der Waals surface area contributed by atoms with Crippen molar-refractivity contribution < 1.29 is 13.9 Å². The van der Waals surface area contributed by atoms with Gasteiger partial charge < -0.3 is 15.4 Å². The highest BCUT2D eigenvalue weighted by Gasteiger charge is 2.25. The number of amides is 1. The fourth-order valence-electron chi connectivity index (χ4n) is 2.08. The van der Waals surface area contributed by atoms with E-state index in [1.54, 1.807) is 11.8 Å². The summed E-state index contributed by atoms with van der Waals surface area (Å²) in [6.45, 7) is 2.95. The lowest BCUT2D eigenvalue weighted by Crippen LogP contribution is -2.47. The average Bonchev–Trinajstić information content (AvgIpc) is 2.41. The van der Waals surface area contributed by atoms with Crippen LogP contribution >= 0.6 is 0 Å². The molecule has 1 aromatic rings. The van der Waals surface area contributed by atoms with Gasteiger partial charge in [-0.3, -0.25) is 4.79 Å². The third-order valence-electron chi connectivity index (χ3n) is 3.13. The van der Waals surface area contributed by atoms with Crippen molar-refractivity contribution in [2.24, 2.45) is 5.73 Å². The quantitative estimate of drug-likeness (QED) is 0.885. The molecule has 2 rings (SSSR count). The molecule has 19 heavy (non-hydrogen) atoms. The second kappa shape index (κ2) is 5.97. The maximum absolute atomic E-state index is 12.7. The van der Waals surface area contributed by atoms with Crippen molar-refractivity contribution in [2.75, 3.05) is 13.1 Å². The third-order valence-corrected chi connectivity index (χ3v) is 3.13. The first-order valence-corrected chi connectivity index (χ1v) is 6.39. The van der Waals surface area contributed by atoms with Crippen LogP contribution in [0.3, 0.4) is 0 Å².